The normalized spacial score (nSPS) is 34.7. The van der Waals surface area contributed by atoms with Crippen LogP contribution < -0.4 is 0 Å². The number of carbonyl (C=O) groups excluding carboxylic acids is 4. The maximum atomic E-state index is 15.0. The molecule has 8 nitrogen and oxygen atoms in total. The number of hydrogen-bond acceptors (Lipinski definition) is 8. The predicted octanol–water partition coefficient (Wildman–Crippen LogP) is 4.38. The van der Waals surface area contributed by atoms with E-state index in [0.29, 0.717) is 14.7 Å². The molecule has 0 N–H and O–H groups in total. The molecule has 6 fully saturated rings. The van der Waals surface area contributed by atoms with E-state index in [1.807, 2.05) is 0 Å². The summed E-state index contributed by atoms with van der Waals surface area (Å²) in [5, 5.41) is 0. The second-order valence-electron chi connectivity index (χ2n) is 10.8. The molecular formula is C25H25F4IO8. The molecular weight excluding hydrogens is 631 g/mol. The SMILES string of the molecule is COC(=O)C12CC(C(=O)OI(OC(=O)C34CC(C(=O)OC)(C3)C4(F)F)c3c(C)cc(C)cc3C)(C1)C2(F)F. The van der Waals surface area contributed by atoms with Crippen molar-refractivity contribution < 1.29 is 52.3 Å². The number of alkyl halides is 4. The third-order valence-electron chi connectivity index (χ3n) is 8.77. The summed E-state index contributed by atoms with van der Waals surface area (Å²) in [4.78, 5) is 50.2. The summed E-state index contributed by atoms with van der Waals surface area (Å²) in [6.07, 6.45) is -1.98. The van der Waals surface area contributed by atoms with Crippen LogP contribution in [0.2, 0.25) is 0 Å². The van der Waals surface area contributed by atoms with Crippen molar-refractivity contribution in [3.8, 4) is 0 Å². The number of rotatable bonds is 7. The molecule has 13 heteroatoms. The van der Waals surface area contributed by atoms with Gasteiger partial charge in [-0.15, -0.1) is 0 Å². The Morgan fingerprint density at radius 2 is 0.974 bits per heavy atom. The van der Waals surface area contributed by atoms with Crippen LogP contribution in [-0.4, -0.2) is 49.9 Å². The quantitative estimate of drug-likeness (QED) is 0.242. The molecule has 6 aliphatic rings. The Morgan fingerprint density at radius 1 is 0.658 bits per heavy atom. The van der Waals surface area contributed by atoms with E-state index in [-0.39, 0.29) is 0 Å². The van der Waals surface area contributed by atoms with Crippen molar-refractivity contribution in [3.63, 3.8) is 0 Å². The van der Waals surface area contributed by atoms with E-state index >= 15 is 0 Å². The fraction of sp³-hybridized carbons (Fsp3) is 0.600. The number of methoxy groups -OCH3 is 2. The Morgan fingerprint density at radius 3 is 1.26 bits per heavy atom. The van der Waals surface area contributed by atoms with Crippen molar-refractivity contribution in [2.75, 3.05) is 14.2 Å². The fourth-order valence-electron chi connectivity index (χ4n) is 6.59. The van der Waals surface area contributed by atoms with Crippen molar-refractivity contribution in [3.05, 3.63) is 32.4 Å². The average Bonchev–Trinajstić information content (AvgIpc) is 2.76. The molecule has 4 bridgehead atoms. The van der Waals surface area contributed by atoms with E-state index < -0.39 is 104 Å². The number of halogens is 5. The van der Waals surface area contributed by atoms with Gasteiger partial charge < -0.3 is 0 Å². The Bertz CT molecular complexity index is 1200. The zero-order valence-electron chi connectivity index (χ0n) is 21.1. The zero-order chi connectivity index (χ0) is 28.3. The maximum absolute atomic E-state index is 15.0. The van der Waals surface area contributed by atoms with Crippen LogP contribution in [0.1, 0.15) is 42.4 Å². The molecule has 208 valence electrons. The first kappa shape index (κ1) is 27.1. The van der Waals surface area contributed by atoms with Crippen molar-refractivity contribution in [2.24, 2.45) is 21.7 Å². The molecule has 0 radical (unpaired) electrons. The Balaban J connectivity index is 1.43. The molecule has 6 aliphatic carbocycles. The first-order valence-corrected chi connectivity index (χ1v) is 14.5. The molecule has 0 atom stereocenters. The van der Waals surface area contributed by atoms with Crippen LogP contribution in [0.5, 0.6) is 0 Å². The van der Waals surface area contributed by atoms with E-state index in [4.69, 9.17) is 6.13 Å². The van der Waals surface area contributed by atoms with E-state index in [0.717, 1.165) is 19.8 Å². The van der Waals surface area contributed by atoms with Gasteiger partial charge in [-0.05, 0) is 0 Å². The van der Waals surface area contributed by atoms with E-state index in [9.17, 15) is 36.7 Å². The van der Waals surface area contributed by atoms with Gasteiger partial charge in [0.15, 0.2) is 0 Å². The van der Waals surface area contributed by atoms with Gasteiger partial charge in [0.25, 0.3) is 0 Å². The van der Waals surface area contributed by atoms with E-state index in [2.05, 4.69) is 9.47 Å². The van der Waals surface area contributed by atoms with Gasteiger partial charge in [0.05, 0.1) is 0 Å². The van der Waals surface area contributed by atoms with Crippen LogP contribution in [0.4, 0.5) is 17.6 Å². The molecule has 1 aromatic carbocycles. The number of ether oxygens (including phenoxy) is 2. The zero-order valence-corrected chi connectivity index (χ0v) is 23.3. The Labute approximate surface area is 223 Å². The summed E-state index contributed by atoms with van der Waals surface area (Å²) in [7, 11) is 1.95. The second kappa shape index (κ2) is 7.81. The summed E-state index contributed by atoms with van der Waals surface area (Å²) in [6, 6.07) is 3.41. The Hall–Kier alpha value is -2.45. The summed E-state index contributed by atoms with van der Waals surface area (Å²) in [5.74, 6) is -12.4. The molecule has 7 rings (SSSR count). The topological polar surface area (TPSA) is 105 Å². The first-order valence-electron chi connectivity index (χ1n) is 11.7. The third-order valence-corrected chi connectivity index (χ3v) is 12.9. The third kappa shape index (κ3) is 2.76. The summed E-state index contributed by atoms with van der Waals surface area (Å²) in [5.41, 5.74) is -6.88. The second-order valence-corrected chi connectivity index (χ2v) is 14.0. The molecule has 0 unspecified atom stereocenters. The summed E-state index contributed by atoms with van der Waals surface area (Å²) >= 11 is -3.97. The molecule has 0 amide bonds. The number of hydrogen-bond donors (Lipinski definition) is 0. The molecule has 0 heterocycles. The Kier molecular flexibility index (Phi) is 5.58. The monoisotopic (exact) mass is 656 g/mol. The van der Waals surface area contributed by atoms with Crippen molar-refractivity contribution in [1.29, 1.82) is 0 Å². The number of benzene rings is 1. The van der Waals surface area contributed by atoms with Gasteiger partial charge in [0.2, 0.25) is 0 Å². The van der Waals surface area contributed by atoms with Gasteiger partial charge in [-0.25, -0.2) is 0 Å². The molecule has 38 heavy (non-hydrogen) atoms. The number of carbonyl (C=O) groups is 4. The minimum absolute atomic E-state index is 0.302. The molecule has 0 aromatic heterocycles. The van der Waals surface area contributed by atoms with Gasteiger partial charge in [0.1, 0.15) is 0 Å². The van der Waals surface area contributed by atoms with E-state index in [1.54, 1.807) is 32.9 Å². The standard InChI is InChI=1S/C25H25F4IO8/c1-12-6-13(2)15(14(3)7-12)30(37-18(33)22-8-20(9-22,16(31)35-4)24(22,26)27)38-19(34)23-10-21(11-23,17(32)36-5)25(23,28)29/h6-7H,8-11H2,1-5H3. The average molecular weight is 656 g/mol. The number of aryl methyl sites for hydroxylation is 3. The van der Waals surface area contributed by atoms with Gasteiger partial charge in [-0.3, -0.25) is 0 Å². The van der Waals surface area contributed by atoms with Crippen LogP contribution in [0.3, 0.4) is 0 Å². The van der Waals surface area contributed by atoms with Crippen LogP contribution in [0.15, 0.2) is 12.1 Å². The minimum atomic E-state index is -3.97. The van der Waals surface area contributed by atoms with Crippen LogP contribution in [0, 0.1) is 46.0 Å². The van der Waals surface area contributed by atoms with Gasteiger partial charge in [0, 0.05) is 0 Å². The van der Waals surface area contributed by atoms with Crippen molar-refractivity contribution in [1.82, 2.24) is 0 Å². The van der Waals surface area contributed by atoms with E-state index in [1.165, 1.54) is 0 Å². The van der Waals surface area contributed by atoms with Crippen LogP contribution >= 0.6 is 20.6 Å². The first-order chi connectivity index (χ1) is 17.5. The van der Waals surface area contributed by atoms with Crippen molar-refractivity contribution >= 4 is 44.5 Å². The molecule has 1 aromatic rings. The summed E-state index contributed by atoms with van der Waals surface area (Å²) < 4.78 is 80.2. The molecule has 6 saturated carbocycles. The van der Waals surface area contributed by atoms with Gasteiger partial charge in [-0.1, -0.05) is 0 Å². The van der Waals surface area contributed by atoms with Crippen molar-refractivity contribution in [2.45, 2.75) is 58.3 Å². The number of esters is 2. The van der Waals surface area contributed by atoms with Crippen LogP contribution in [-0.2, 0) is 34.8 Å². The van der Waals surface area contributed by atoms with Crippen LogP contribution in [0.25, 0.3) is 0 Å². The fourth-order valence-corrected chi connectivity index (χ4v) is 10.4. The summed E-state index contributed by atoms with van der Waals surface area (Å²) in [6.45, 7) is 5.08. The van der Waals surface area contributed by atoms with Gasteiger partial charge in [-0.2, -0.15) is 0 Å². The molecule has 0 aliphatic heterocycles. The molecule has 0 saturated heterocycles. The van der Waals surface area contributed by atoms with Gasteiger partial charge >= 0.3 is 223 Å². The molecule has 0 spiro atoms. The predicted molar refractivity (Wildman–Crippen MR) is 128 cm³/mol.